The molecule has 1 unspecified atom stereocenters. The molecule has 21 heteroatoms. The lowest BCUT2D eigenvalue weighted by Crippen LogP contribution is -2.76. The predicted octanol–water partition coefficient (Wildman–Crippen LogP) is 3.26. The van der Waals surface area contributed by atoms with E-state index in [1.165, 1.54) is 0 Å². The van der Waals surface area contributed by atoms with Crippen LogP contribution >= 0.6 is 0 Å². The van der Waals surface area contributed by atoms with Gasteiger partial charge in [-0.1, -0.05) is 0 Å². The Labute approximate surface area is 518 Å². The number of nitrogens with two attached hydrogens (primary N) is 4. The van der Waals surface area contributed by atoms with Crippen LogP contribution < -0.4 is 46.1 Å². The van der Waals surface area contributed by atoms with Gasteiger partial charge in [-0.15, -0.1) is 18.7 Å². The fourth-order valence-corrected chi connectivity index (χ4v) is 14.1. The second kappa shape index (κ2) is 25.9. The molecule has 0 bridgehead atoms. The number of carbonyl (C=O) groups is 4. The SMILES string of the molecule is Cc1c(CCC(=O)OCc2cc[n+](CCN)cc2)c2n3c1Cc1c(C)c(CCC(=O)OCc4cc[n+](CCN)cc4)c4n1[N+]31n3c(c(C)c(CCC(=O)OCc5cc[n+](CCN)cc5)c3Cc3c(C)c(CCC(=O)OCc5cc[n+](CCN)cc5)c(n31)C4)C2. The van der Waals surface area contributed by atoms with Crippen molar-refractivity contribution < 1.29 is 56.4 Å². The molecule has 8 aromatic rings. The third-order valence-electron chi connectivity index (χ3n) is 18.7. The normalized spacial score (nSPS) is 14.6. The van der Waals surface area contributed by atoms with E-state index in [0.717, 1.165) is 112 Å². The Hall–Kier alpha value is -8.60. The summed E-state index contributed by atoms with van der Waals surface area (Å²) in [6.07, 6.45) is 20.4. The summed E-state index contributed by atoms with van der Waals surface area (Å²) in [5, 5.41) is 0. The van der Waals surface area contributed by atoms with Gasteiger partial charge in [0, 0.05) is 122 Å². The van der Waals surface area contributed by atoms with Crippen molar-refractivity contribution in [2.45, 2.75) is 157 Å². The molecule has 4 aliphatic heterocycles. The molecule has 0 saturated carbocycles. The minimum atomic E-state index is -0.293. The number of ether oxygens (including phenoxy) is 4. The van der Waals surface area contributed by atoms with Gasteiger partial charge in [-0.05, 0) is 97.9 Å². The molecular formula is C68H84N13O8+5. The molecule has 1 atom stereocenters. The first-order valence-corrected chi connectivity index (χ1v) is 31.4. The lowest BCUT2D eigenvalue weighted by molar-refractivity contribution is -0.694. The Bertz CT molecular complexity index is 3940. The van der Waals surface area contributed by atoms with E-state index < -0.39 is 0 Å². The van der Waals surface area contributed by atoms with Crippen molar-refractivity contribution in [1.82, 2.24) is 23.6 Å². The van der Waals surface area contributed by atoms with Crippen LogP contribution in [0.1, 0.15) is 138 Å². The van der Waals surface area contributed by atoms with Gasteiger partial charge in [-0.25, -0.2) is 18.3 Å². The minimum Gasteiger partial charge on any atom is -0.461 e. The number of esters is 4. The van der Waals surface area contributed by atoms with E-state index in [2.05, 4.69) is 46.4 Å². The topological polar surface area (TPSA) is 245 Å². The lowest BCUT2D eigenvalue weighted by atomic mass is 9.96. The highest BCUT2D eigenvalue weighted by atomic mass is 16.5. The average Bonchev–Trinajstić information content (AvgIpc) is 1.50. The molecule has 4 aliphatic rings. The monoisotopic (exact) mass is 1210 g/mol. The van der Waals surface area contributed by atoms with E-state index in [1.807, 2.05) is 116 Å². The van der Waals surface area contributed by atoms with Gasteiger partial charge in [0.15, 0.2) is 75.8 Å². The fourth-order valence-electron chi connectivity index (χ4n) is 14.1. The predicted molar refractivity (Wildman–Crippen MR) is 327 cm³/mol. The summed E-state index contributed by atoms with van der Waals surface area (Å²) in [6.45, 7) is 14.3. The van der Waals surface area contributed by atoms with Gasteiger partial charge in [0.05, 0.1) is 76.6 Å². The Morgan fingerprint density at radius 1 is 0.360 bits per heavy atom. The van der Waals surface area contributed by atoms with Crippen molar-refractivity contribution in [3.8, 4) is 0 Å². The van der Waals surface area contributed by atoms with Gasteiger partial charge < -0.3 is 41.9 Å². The number of nitrogens with zero attached hydrogens (tertiary/aromatic N) is 9. The molecule has 1 spiro atoms. The van der Waals surface area contributed by atoms with Gasteiger partial charge in [-0.3, -0.25) is 19.2 Å². The molecular weight excluding hydrogens is 1130 g/mol. The van der Waals surface area contributed by atoms with Crippen LogP contribution in [-0.4, -0.2) is 68.8 Å². The van der Waals surface area contributed by atoms with Crippen LogP contribution in [0.2, 0.25) is 0 Å². The third kappa shape index (κ3) is 11.5. The average molecular weight is 1210 g/mol. The molecule has 0 amide bonds. The van der Waals surface area contributed by atoms with Crippen LogP contribution in [-0.2, 0) is 142 Å². The van der Waals surface area contributed by atoms with Gasteiger partial charge in [0.2, 0.25) is 0 Å². The third-order valence-corrected chi connectivity index (χ3v) is 18.7. The van der Waals surface area contributed by atoms with Gasteiger partial charge in [0.1, 0.15) is 26.4 Å². The summed E-state index contributed by atoms with van der Waals surface area (Å²) in [5.41, 5.74) is 44.5. The van der Waals surface area contributed by atoms with Gasteiger partial charge in [0.25, 0.3) is 0 Å². The maximum absolute atomic E-state index is 14.0. The van der Waals surface area contributed by atoms with E-state index in [1.54, 1.807) is 0 Å². The van der Waals surface area contributed by atoms with Crippen molar-refractivity contribution in [2.24, 2.45) is 22.9 Å². The van der Waals surface area contributed by atoms with Crippen LogP contribution in [0, 0.1) is 27.7 Å². The Kier molecular flexibility index (Phi) is 17.6. The van der Waals surface area contributed by atoms with Crippen molar-refractivity contribution in [3.63, 3.8) is 0 Å². The second-order valence-corrected chi connectivity index (χ2v) is 24.1. The number of carbonyl (C=O) groups excluding carboxylic acids is 4. The first kappa shape index (κ1) is 60.7. The van der Waals surface area contributed by atoms with Crippen molar-refractivity contribution >= 4 is 23.9 Å². The van der Waals surface area contributed by atoms with Crippen LogP contribution in [0.4, 0.5) is 0 Å². The van der Waals surface area contributed by atoms with Crippen LogP contribution in [0.25, 0.3) is 0 Å². The number of rotatable bonds is 28. The summed E-state index contributed by atoms with van der Waals surface area (Å²) in [7, 11) is 0. The number of quaternary nitrogens is 1. The van der Waals surface area contributed by atoms with Crippen LogP contribution in [0.15, 0.2) is 98.1 Å². The number of hydrogen-bond donors (Lipinski definition) is 4. The number of aromatic nitrogens is 8. The molecule has 0 saturated heterocycles. The zero-order chi connectivity index (χ0) is 62.1. The summed E-state index contributed by atoms with van der Waals surface area (Å²) in [4.78, 5) is 55.9. The molecule has 12 heterocycles. The first-order valence-electron chi connectivity index (χ1n) is 31.4. The highest BCUT2D eigenvalue weighted by molar-refractivity contribution is 5.72. The Balaban J connectivity index is 0.934. The van der Waals surface area contributed by atoms with E-state index in [0.29, 0.717) is 104 Å². The zero-order valence-electron chi connectivity index (χ0n) is 51.8. The molecule has 0 fully saturated rings. The quantitative estimate of drug-likeness (QED) is 0.0239. The smallest absolute Gasteiger partial charge is 0.306 e. The zero-order valence-corrected chi connectivity index (χ0v) is 51.8. The van der Waals surface area contributed by atoms with Crippen molar-refractivity contribution in [1.29, 1.82) is 0 Å². The largest absolute Gasteiger partial charge is 0.461 e. The van der Waals surface area contributed by atoms with E-state index in [-0.39, 0.29) is 80.9 Å². The van der Waals surface area contributed by atoms with Crippen molar-refractivity contribution in [3.05, 3.63) is 210 Å². The molecule has 464 valence electrons. The molecule has 8 N–H and O–H groups in total. The summed E-state index contributed by atoms with van der Waals surface area (Å²) in [5.74, 6) is -1.15. The van der Waals surface area contributed by atoms with Crippen LogP contribution in [0.5, 0.6) is 0 Å². The number of pyridine rings is 4. The minimum absolute atomic E-state index is 0.0878. The lowest BCUT2D eigenvalue weighted by Gasteiger charge is -2.51. The molecule has 12 rings (SSSR count). The summed E-state index contributed by atoms with van der Waals surface area (Å²) >= 11 is 0. The Morgan fingerprint density at radius 3 is 0.775 bits per heavy atom. The maximum atomic E-state index is 14.0. The van der Waals surface area contributed by atoms with Crippen molar-refractivity contribution in [2.75, 3.05) is 26.2 Å². The highest BCUT2D eigenvalue weighted by Crippen LogP contribution is 2.51. The molecule has 21 nitrogen and oxygen atoms in total. The van der Waals surface area contributed by atoms with E-state index in [4.69, 9.17) is 41.9 Å². The molecule has 0 radical (unpaired) electrons. The fraction of sp³-hybridized carbons (Fsp3) is 0.412. The summed E-state index contributed by atoms with van der Waals surface area (Å²) < 4.78 is 42.0. The standard InChI is InChI=1S/C68H84N13O8/c1-45-53(5-9-65(82)86-41-49-13-25-73(26-14-49)33-21-69)61-38-59-47(3)54(6-10-66(83)87-42-50-15-27-74(28-16-50)34-22-70)62-39-60-48(4)56(8-12-68(85)89-44-52-19-31-76(32-20-52)36-24-72)64-40-63-55(7-11-67(84)88-43-51-17-29-75(30-18-51)35-23-71)46(2)58-37-57(45)77(61)81(78(58)63,79(59)62)80(60)64/h13-20,25-32H,5-12,21-24,33-44,69-72H2,1-4H3/q+5. The number of hydrogen-bond acceptors (Lipinski definition) is 12. The van der Waals surface area contributed by atoms with Gasteiger partial charge in [-0.2, -0.15) is 0 Å². The molecule has 0 aromatic carbocycles. The van der Waals surface area contributed by atoms with E-state index >= 15 is 0 Å². The molecule has 8 aromatic heterocycles. The molecule has 89 heavy (non-hydrogen) atoms. The highest BCUT2D eigenvalue weighted by Gasteiger charge is 2.61. The maximum Gasteiger partial charge on any atom is 0.306 e. The molecule has 0 aliphatic carbocycles. The summed E-state index contributed by atoms with van der Waals surface area (Å²) in [6, 6.07) is 15.6. The second-order valence-electron chi connectivity index (χ2n) is 24.1. The first-order chi connectivity index (χ1) is 43.2. The van der Waals surface area contributed by atoms with Gasteiger partial charge >= 0.3 is 23.9 Å². The Morgan fingerprint density at radius 2 is 0.562 bits per heavy atom. The van der Waals surface area contributed by atoms with Crippen LogP contribution in [0.3, 0.4) is 0 Å². The van der Waals surface area contributed by atoms with E-state index in [9.17, 15) is 19.2 Å².